The number of aliphatic hydroxyl groups is 1. The normalized spacial score (nSPS) is 13.8. The summed E-state index contributed by atoms with van der Waals surface area (Å²) in [5.41, 5.74) is 3.05. The van der Waals surface area contributed by atoms with Gasteiger partial charge in [0.05, 0.1) is 4.92 Å². The smallest absolute Gasteiger partial charge is 0.293 e. The van der Waals surface area contributed by atoms with Crippen LogP contribution in [0.2, 0.25) is 0 Å². The van der Waals surface area contributed by atoms with Gasteiger partial charge in [-0.05, 0) is 74.2 Å². The molecular formula is C24H25N3O5. The van der Waals surface area contributed by atoms with Crippen molar-refractivity contribution in [3.63, 3.8) is 0 Å². The van der Waals surface area contributed by atoms with E-state index in [-0.39, 0.29) is 17.9 Å². The van der Waals surface area contributed by atoms with Gasteiger partial charge in [0.25, 0.3) is 11.6 Å². The van der Waals surface area contributed by atoms with E-state index < -0.39 is 10.8 Å². The molecule has 0 saturated carbocycles. The fraction of sp³-hybridized carbons (Fsp3) is 0.292. The van der Waals surface area contributed by atoms with Crippen LogP contribution < -0.4 is 10.2 Å². The Morgan fingerprint density at radius 1 is 1.12 bits per heavy atom. The van der Waals surface area contributed by atoms with Crippen molar-refractivity contribution >= 4 is 23.0 Å². The van der Waals surface area contributed by atoms with Gasteiger partial charge in [0, 0.05) is 36.0 Å². The second-order valence-electron chi connectivity index (χ2n) is 7.92. The molecule has 8 nitrogen and oxygen atoms in total. The summed E-state index contributed by atoms with van der Waals surface area (Å²) in [7, 11) is 0. The Morgan fingerprint density at radius 3 is 2.56 bits per heavy atom. The molecule has 1 amide bonds. The number of anilines is 2. The van der Waals surface area contributed by atoms with Crippen molar-refractivity contribution < 1.29 is 19.2 Å². The maximum Gasteiger partial charge on any atom is 0.293 e. The third-order valence-corrected chi connectivity index (χ3v) is 5.70. The number of furan rings is 1. The van der Waals surface area contributed by atoms with Crippen LogP contribution in [0.1, 0.15) is 40.9 Å². The number of nitro benzene ring substituents is 1. The maximum atomic E-state index is 12.8. The van der Waals surface area contributed by atoms with Gasteiger partial charge < -0.3 is 19.7 Å². The zero-order valence-electron chi connectivity index (χ0n) is 17.8. The minimum atomic E-state index is -0.427. The number of nitro groups is 1. The van der Waals surface area contributed by atoms with Crippen LogP contribution in [0.5, 0.6) is 0 Å². The van der Waals surface area contributed by atoms with E-state index in [1.807, 2.05) is 24.0 Å². The third-order valence-electron chi connectivity index (χ3n) is 5.70. The molecule has 8 heteroatoms. The van der Waals surface area contributed by atoms with E-state index in [1.54, 1.807) is 30.3 Å². The van der Waals surface area contributed by atoms with Crippen molar-refractivity contribution in [2.75, 3.05) is 23.3 Å². The minimum Gasteiger partial charge on any atom is -0.459 e. The Kier molecular flexibility index (Phi) is 6.23. The third kappa shape index (κ3) is 4.50. The van der Waals surface area contributed by atoms with Crippen LogP contribution in [-0.2, 0) is 6.61 Å². The van der Waals surface area contributed by atoms with Gasteiger partial charge in [-0.2, -0.15) is 0 Å². The average Bonchev–Trinajstić information content (AvgIpc) is 3.28. The molecule has 1 fully saturated rings. The second kappa shape index (κ2) is 9.23. The van der Waals surface area contributed by atoms with Crippen LogP contribution in [0.15, 0.2) is 52.9 Å². The number of amides is 1. The molecule has 0 unspecified atom stereocenters. The largest absolute Gasteiger partial charge is 0.459 e. The van der Waals surface area contributed by atoms with Crippen molar-refractivity contribution in [1.29, 1.82) is 0 Å². The number of benzene rings is 2. The monoisotopic (exact) mass is 435 g/mol. The number of hydrogen-bond acceptors (Lipinski definition) is 6. The van der Waals surface area contributed by atoms with Crippen molar-refractivity contribution in [2.24, 2.45) is 0 Å². The summed E-state index contributed by atoms with van der Waals surface area (Å²) < 4.78 is 5.58. The Hall–Kier alpha value is -3.65. The van der Waals surface area contributed by atoms with E-state index in [1.165, 1.54) is 6.07 Å². The zero-order valence-corrected chi connectivity index (χ0v) is 17.8. The van der Waals surface area contributed by atoms with E-state index in [0.29, 0.717) is 22.9 Å². The number of piperidine rings is 1. The Labute approximate surface area is 185 Å². The predicted molar refractivity (Wildman–Crippen MR) is 122 cm³/mol. The number of aliphatic hydroxyl groups excluding tert-OH is 1. The molecule has 166 valence electrons. The van der Waals surface area contributed by atoms with Crippen LogP contribution in [0.3, 0.4) is 0 Å². The van der Waals surface area contributed by atoms with Crippen LogP contribution in [-0.4, -0.2) is 29.0 Å². The van der Waals surface area contributed by atoms with E-state index in [2.05, 4.69) is 5.32 Å². The first-order valence-electron chi connectivity index (χ1n) is 10.6. The summed E-state index contributed by atoms with van der Waals surface area (Å²) in [4.78, 5) is 26.0. The van der Waals surface area contributed by atoms with Crippen LogP contribution in [0.4, 0.5) is 17.1 Å². The molecule has 32 heavy (non-hydrogen) atoms. The van der Waals surface area contributed by atoms with Gasteiger partial charge in [0.1, 0.15) is 23.8 Å². The predicted octanol–water partition coefficient (Wildman–Crippen LogP) is 4.90. The number of carbonyl (C=O) groups excluding carboxylic acids is 1. The lowest BCUT2D eigenvalue weighted by Crippen LogP contribution is -2.30. The number of rotatable bonds is 6. The molecule has 1 aromatic heterocycles. The first-order valence-corrected chi connectivity index (χ1v) is 10.6. The van der Waals surface area contributed by atoms with Crippen LogP contribution in [0, 0.1) is 17.0 Å². The number of hydrogen-bond donors (Lipinski definition) is 2. The molecule has 1 aliphatic heterocycles. The summed E-state index contributed by atoms with van der Waals surface area (Å²) in [5, 5.41) is 23.7. The molecule has 1 saturated heterocycles. The summed E-state index contributed by atoms with van der Waals surface area (Å²) in [6.45, 7) is 3.29. The topological polar surface area (TPSA) is 109 Å². The Morgan fingerprint density at radius 2 is 1.91 bits per heavy atom. The number of nitrogens with zero attached hydrogens (tertiary/aromatic N) is 2. The van der Waals surface area contributed by atoms with Crippen LogP contribution >= 0.6 is 0 Å². The summed E-state index contributed by atoms with van der Waals surface area (Å²) in [5.74, 6) is 0.700. The number of nitrogens with one attached hydrogen (secondary N) is 1. The van der Waals surface area contributed by atoms with Gasteiger partial charge >= 0.3 is 0 Å². The highest BCUT2D eigenvalue weighted by Gasteiger charge is 2.23. The molecule has 2 heterocycles. The fourth-order valence-electron chi connectivity index (χ4n) is 4.04. The molecule has 1 aliphatic rings. The highest BCUT2D eigenvalue weighted by Crippen LogP contribution is 2.32. The Bertz CT molecular complexity index is 1150. The van der Waals surface area contributed by atoms with Crippen LogP contribution in [0.25, 0.3) is 11.3 Å². The lowest BCUT2D eigenvalue weighted by Gasteiger charge is -2.28. The molecule has 0 aliphatic carbocycles. The van der Waals surface area contributed by atoms with Crippen molar-refractivity contribution in [2.45, 2.75) is 32.8 Å². The SMILES string of the molecule is Cc1cc(NC(=O)c2ccc(N3CCCCC3)c([N+](=O)[O-])c2)ccc1-c1ccc(CO)o1. The lowest BCUT2D eigenvalue weighted by atomic mass is 10.1. The van der Waals surface area contributed by atoms with Crippen molar-refractivity contribution in [1.82, 2.24) is 0 Å². The second-order valence-corrected chi connectivity index (χ2v) is 7.92. The lowest BCUT2D eigenvalue weighted by molar-refractivity contribution is -0.384. The van der Waals surface area contributed by atoms with Crippen molar-refractivity contribution in [3.05, 3.63) is 75.5 Å². The van der Waals surface area contributed by atoms with Gasteiger partial charge in [-0.25, -0.2) is 0 Å². The fourth-order valence-corrected chi connectivity index (χ4v) is 4.04. The molecule has 0 bridgehead atoms. The van der Waals surface area contributed by atoms with Gasteiger partial charge in [-0.15, -0.1) is 0 Å². The summed E-state index contributed by atoms with van der Waals surface area (Å²) in [6.07, 6.45) is 3.15. The molecular weight excluding hydrogens is 410 g/mol. The highest BCUT2D eigenvalue weighted by molar-refractivity contribution is 6.05. The molecule has 2 N–H and O–H groups in total. The maximum absolute atomic E-state index is 12.8. The Balaban J connectivity index is 1.54. The molecule has 2 aromatic carbocycles. The quantitative estimate of drug-likeness (QED) is 0.421. The van der Waals surface area contributed by atoms with E-state index in [4.69, 9.17) is 4.42 Å². The van der Waals surface area contributed by atoms with Gasteiger partial charge in [0.2, 0.25) is 0 Å². The van der Waals surface area contributed by atoms with Crippen molar-refractivity contribution in [3.8, 4) is 11.3 Å². The number of carbonyl (C=O) groups is 1. The van der Waals surface area contributed by atoms with E-state index >= 15 is 0 Å². The minimum absolute atomic E-state index is 0.0522. The van der Waals surface area contributed by atoms with E-state index in [9.17, 15) is 20.0 Å². The first kappa shape index (κ1) is 21.6. The molecule has 0 atom stereocenters. The summed E-state index contributed by atoms with van der Waals surface area (Å²) >= 11 is 0. The molecule has 4 rings (SSSR count). The standard InChI is InChI=1S/C24H25N3O5/c1-16-13-18(6-8-20(16)23-10-7-19(15-28)32-23)25-24(29)17-5-9-21(22(14-17)27(30)31)26-11-3-2-4-12-26/h5-10,13-14,28H,2-4,11-12,15H2,1H3,(H,25,29). The van der Waals surface area contributed by atoms with Gasteiger partial charge in [0.15, 0.2) is 0 Å². The van der Waals surface area contributed by atoms with Gasteiger partial charge in [-0.3, -0.25) is 14.9 Å². The molecule has 0 spiro atoms. The number of aryl methyl sites for hydroxylation is 1. The van der Waals surface area contributed by atoms with E-state index in [0.717, 1.165) is 43.5 Å². The molecule has 3 aromatic rings. The summed E-state index contributed by atoms with van der Waals surface area (Å²) in [6, 6.07) is 13.5. The molecule has 0 radical (unpaired) electrons. The zero-order chi connectivity index (χ0) is 22.7. The first-order chi connectivity index (χ1) is 15.5. The average molecular weight is 435 g/mol. The van der Waals surface area contributed by atoms with Gasteiger partial charge in [-0.1, -0.05) is 0 Å². The highest BCUT2D eigenvalue weighted by atomic mass is 16.6.